The Balaban J connectivity index is 1.90. The highest BCUT2D eigenvalue weighted by Crippen LogP contribution is 2.17. The average molecular weight is 208 g/mol. The zero-order valence-electron chi connectivity index (χ0n) is 8.79. The highest BCUT2D eigenvalue weighted by atomic mass is 16.1. The molecule has 0 radical (unpaired) electrons. The van der Waals surface area contributed by atoms with Gasteiger partial charge in [0.25, 0.3) is 0 Å². The van der Waals surface area contributed by atoms with Crippen molar-refractivity contribution >= 4 is 11.6 Å². The maximum atomic E-state index is 11.8. The molecule has 1 amide bonds. The van der Waals surface area contributed by atoms with E-state index < -0.39 is 0 Å². The first-order valence-corrected chi connectivity index (χ1v) is 5.28. The molecule has 1 aromatic heterocycles. The third-order valence-electron chi connectivity index (χ3n) is 2.76. The molecule has 1 aromatic rings. The standard InChI is InChI=1S/C10H16N4O/c1-7-4-8(2-3-11-7)10(15)14-9-5-12-13-6-9/h5-8,11H,2-4H2,1H3,(H,12,13)(H,14,15)/t7-,8-/m0/s1. The zero-order valence-corrected chi connectivity index (χ0v) is 8.79. The van der Waals surface area contributed by atoms with Crippen molar-refractivity contribution in [2.24, 2.45) is 5.92 Å². The van der Waals surface area contributed by atoms with Crippen LogP contribution in [0.1, 0.15) is 19.8 Å². The number of hydrogen-bond donors (Lipinski definition) is 3. The van der Waals surface area contributed by atoms with Crippen LogP contribution < -0.4 is 10.6 Å². The number of aromatic nitrogens is 2. The summed E-state index contributed by atoms with van der Waals surface area (Å²) in [6.07, 6.45) is 5.11. The molecule has 5 heteroatoms. The number of amides is 1. The molecule has 1 fully saturated rings. The van der Waals surface area contributed by atoms with E-state index in [0.29, 0.717) is 6.04 Å². The third kappa shape index (κ3) is 2.56. The van der Waals surface area contributed by atoms with E-state index in [9.17, 15) is 4.79 Å². The van der Waals surface area contributed by atoms with Crippen LogP contribution in [0, 0.1) is 5.92 Å². The molecule has 5 nitrogen and oxygen atoms in total. The van der Waals surface area contributed by atoms with Crippen molar-refractivity contribution in [3.8, 4) is 0 Å². The van der Waals surface area contributed by atoms with Crippen LogP contribution in [0.2, 0.25) is 0 Å². The number of hydrogen-bond acceptors (Lipinski definition) is 3. The molecule has 2 heterocycles. The molecule has 0 saturated carbocycles. The van der Waals surface area contributed by atoms with Gasteiger partial charge in [-0.2, -0.15) is 5.10 Å². The van der Waals surface area contributed by atoms with Gasteiger partial charge in [0.1, 0.15) is 0 Å². The fraction of sp³-hybridized carbons (Fsp3) is 0.600. The number of aromatic amines is 1. The Kier molecular flexibility index (Phi) is 3.01. The van der Waals surface area contributed by atoms with Gasteiger partial charge in [-0.1, -0.05) is 0 Å². The molecule has 1 aliphatic heterocycles. The Hall–Kier alpha value is -1.36. The number of anilines is 1. The summed E-state index contributed by atoms with van der Waals surface area (Å²) >= 11 is 0. The number of piperidine rings is 1. The number of nitrogens with zero attached hydrogens (tertiary/aromatic N) is 1. The summed E-state index contributed by atoms with van der Waals surface area (Å²) in [5.74, 6) is 0.223. The number of carbonyl (C=O) groups is 1. The SMILES string of the molecule is C[C@H]1C[C@@H](C(=O)Nc2cn[nH]c2)CCN1. The molecule has 0 unspecified atom stereocenters. The fourth-order valence-electron chi connectivity index (χ4n) is 1.93. The molecule has 0 aromatic carbocycles. The van der Waals surface area contributed by atoms with Gasteiger partial charge in [0.05, 0.1) is 11.9 Å². The van der Waals surface area contributed by atoms with E-state index in [1.54, 1.807) is 12.4 Å². The summed E-state index contributed by atoms with van der Waals surface area (Å²) in [5.41, 5.74) is 0.742. The Morgan fingerprint density at radius 3 is 3.20 bits per heavy atom. The number of H-pyrrole nitrogens is 1. The van der Waals surface area contributed by atoms with Crippen molar-refractivity contribution in [1.82, 2.24) is 15.5 Å². The Bertz CT molecular complexity index is 322. The number of rotatable bonds is 2. The molecule has 3 N–H and O–H groups in total. The lowest BCUT2D eigenvalue weighted by Crippen LogP contribution is -2.40. The summed E-state index contributed by atoms with van der Waals surface area (Å²) in [6.45, 7) is 3.03. The third-order valence-corrected chi connectivity index (χ3v) is 2.76. The molecule has 1 aliphatic rings. The Morgan fingerprint density at radius 1 is 1.67 bits per heavy atom. The van der Waals surface area contributed by atoms with Crippen molar-refractivity contribution in [3.05, 3.63) is 12.4 Å². The molecule has 2 atom stereocenters. The van der Waals surface area contributed by atoms with Crippen LogP contribution in [0.25, 0.3) is 0 Å². The van der Waals surface area contributed by atoms with Gasteiger partial charge in [-0.3, -0.25) is 9.89 Å². The van der Waals surface area contributed by atoms with E-state index in [2.05, 4.69) is 27.8 Å². The van der Waals surface area contributed by atoms with Crippen molar-refractivity contribution in [2.45, 2.75) is 25.8 Å². The minimum atomic E-state index is 0.102. The lowest BCUT2D eigenvalue weighted by Gasteiger charge is -2.26. The van der Waals surface area contributed by atoms with Crippen LogP contribution in [0.5, 0.6) is 0 Å². The first kappa shape index (κ1) is 10.2. The number of nitrogens with one attached hydrogen (secondary N) is 3. The molecular weight excluding hydrogens is 192 g/mol. The van der Waals surface area contributed by atoms with Crippen LogP contribution in [0.15, 0.2) is 12.4 Å². The second-order valence-corrected chi connectivity index (χ2v) is 4.05. The van der Waals surface area contributed by atoms with E-state index in [1.807, 2.05) is 0 Å². The Morgan fingerprint density at radius 2 is 2.53 bits per heavy atom. The molecule has 1 saturated heterocycles. The summed E-state index contributed by atoms with van der Waals surface area (Å²) in [5, 5.41) is 12.6. The van der Waals surface area contributed by atoms with E-state index in [-0.39, 0.29) is 11.8 Å². The quantitative estimate of drug-likeness (QED) is 0.671. The van der Waals surface area contributed by atoms with Crippen molar-refractivity contribution < 1.29 is 4.79 Å². The van der Waals surface area contributed by atoms with E-state index in [0.717, 1.165) is 25.1 Å². The van der Waals surface area contributed by atoms with Gasteiger partial charge in [-0.15, -0.1) is 0 Å². The highest BCUT2D eigenvalue weighted by molar-refractivity contribution is 5.92. The molecule has 0 bridgehead atoms. The maximum Gasteiger partial charge on any atom is 0.227 e. The molecule has 2 rings (SSSR count). The topological polar surface area (TPSA) is 69.8 Å². The molecular formula is C10H16N4O. The van der Waals surface area contributed by atoms with Crippen molar-refractivity contribution in [1.29, 1.82) is 0 Å². The monoisotopic (exact) mass is 208 g/mol. The van der Waals surface area contributed by atoms with Crippen LogP contribution in [-0.4, -0.2) is 28.7 Å². The fourth-order valence-corrected chi connectivity index (χ4v) is 1.93. The summed E-state index contributed by atoms with van der Waals surface area (Å²) in [6, 6.07) is 0.429. The summed E-state index contributed by atoms with van der Waals surface area (Å²) in [7, 11) is 0. The van der Waals surface area contributed by atoms with Gasteiger partial charge < -0.3 is 10.6 Å². The first-order chi connectivity index (χ1) is 7.25. The lowest BCUT2D eigenvalue weighted by atomic mass is 9.92. The van der Waals surface area contributed by atoms with Gasteiger partial charge in [0, 0.05) is 18.2 Å². The number of carbonyl (C=O) groups excluding carboxylic acids is 1. The minimum Gasteiger partial charge on any atom is -0.323 e. The molecule has 0 aliphatic carbocycles. The second kappa shape index (κ2) is 4.44. The van der Waals surface area contributed by atoms with Crippen LogP contribution >= 0.6 is 0 Å². The predicted octanol–water partition coefficient (Wildman–Crippen LogP) is 0.736. The van der Waals surface area contributed by atoms with Gasteiger partial charge >= 0.3 is 0 Å². The van der Waals surface area contributed by atoms with Crippen molar-refractivity contribution in [3.63, 3.8) is 0 Å². The minimum absolute atomic E-state index is 0.102. The maximum absolute atomic E-state index is 11.8. The Labute approximate surface area is 88.6 Å². The average Bonchev–Trinajstić information content (AvgIpc) is 2.70. The summed E-state index contributed by atoms with van der Waals surface area (Å²) in [4.78, 5) is 11.8. The predicted molar refractivity (Wildman–Crippen MR) is 57.4 cm³/mol. The van der Waals surface area contributed by atoms with Gasteiger partial charge in [0.15, 0.2) is 0 Å². The van der Waals surface area contributed by atoms with E-state index in [1.165, 1.54) is 0 Å². The van der Waals surface area contributed by atoms with Crippen LogP contribution in [-0.2, 0) is 4.79 Å². The highest BCUT2D eigenvalue weighted by Gasteiger charge is 2.24. The second-order valence-electron chi connectivity index (χ2n) is 4.05. The molecule has 15 heavy (non-hydrogen) atoms. The normalized spacial score (nSPS) is 26.2. The zero-order chi connectivity index (χ0) is 10.7. The van der Waals surface area contributed by atoms with E-state index >= 15 is 0 Å². The summed E-state index contributed by atoms with van der Waals surface area (Å²) < 4.78 is 0. The molecule has 82 valence electrons. The van der Waals surface area contributed by atoms with Gasteiger partial charge in [0.2, 0.25) is 5.91 Å². The largest absolute Gasteiger partial charge is 0.323 e. The van der Waals surface area contributed by atoms with E-state index in [4.69, 9.17) is 0 Å². The molecule has 0 spiro atoms. The van der Waals surface area contributed by atoms with Crippen molar-refractivity contribution in [2.75, 3.05) is 11.9 Å². The lowest BCUT2D eigenvalue weighted by molar-refractivity contribution is -0.120. The van der Waals surface area contributed by atoms with Crippen LogP contribution in [0.4, 0.5) is 5.69 Å². The van der Waals surface area contributed by atoms with Gasteiger partial charge in [-0.05, 0) is 26.3 Å². The smallest absolute Gasteiger partial charge is 0.227 e. The van der Waals surface area contributed by atoms with Gasteiger partial charge in [-0.25, -0.2) is 0 Å². The first-order valence-electron chi connectivity index (χ1n) is 5.28. The van der Waals surface area contributed by atoms with Crippen LogP contribution in [0.3, 0.4) is 0 Å².